The lowest BCUT2D eigenvalue weighted by Crippen LogP contribution is -2.29. The van der Waals surface area contributed by atoms with Gasteiger partial charge in [0.15, 0.2) is 0 Å². The van der Waals surface area contributed by atoms with Gasteiger partial charge in [-0.25, -0.2) is 0 Å². The number of amides is 1. The van der Waals surface area contributed by atoms with E-state index < -0.39 is 0 Å². The number of fused-ring (bicyclic) bond motifs is 1. The fourth-order valence-corrected chi connectivity index (χ4v) is 3.12. The van der Waals surface area contributed by atoms with Gasteiger partial charge >= 0.3 is 0 Å². The van der Waals surface area contributed by atoms with E-state index in [-0.39, 0.29) is 11.9 Å². The standard InChI is InChI=1S/C14H13ClN2OS/c15-9-3-4-12-11(8-9)13(14(18)17-12)16-6-5-10-2-1-7-19-10/h1-4,7-8,13,16H,5-6H2,(H,17,18). The minimum atomic E-state index is -0.298. The number of nitrogens with one attached hydrogen (secondary N) is 2. The van der Waals surface area contributed by atoms with Crippen molar-refractivity contribution in [2.24, 2.45) is 0 Å². The molecule has 1 aliphatic heterocycles. The molecule has 1 aliphatic rings. The maximum Gasteiger partial charge on any atom is 0.246 e. The molecule has 0 radical (unpaired) electrons. The molecule has 0 saturated carbocycles. The Morgan fingerprint density at radius 3 is 3.05 bits per heavy atom. The average molecular weight is 293 g/mol. The van der Waals surface area contributed by atoms with Crippen molar-refractivity contribution in [3.63, 3.8) is 0 Å². The van der Waals surface area contributed by atoms with Gasteiger partial charge in [0.25, 0.3) is 0 Å². The Morgan fingerprint density at radius 1 is 1.37 bits per heavy atom. The van der Waals surface area contributed by atoms with Gasteiger partial charge < -0.3 is 10.6 Å². The minimum absolute atomic E-state index is 0.0107. The zero-order valence-corrected chi connectivity index (χ0v) is 11.7. The fraction of sp³-hybridized carbons (Fsp3) is 0.214. The number of hydrogen-bond donors (Lipinski definition) is 2. The Balaban J connectivity index is 1.68. The first kappa shape index (κ1) is 12.7. The topological polar surface area (TPSA) is 41.1 Å². The number of thiophene rings is 1. The number of hydrogen-bond acceptors (Lipinski definition) is 3. The van der Waals surface area contributed by atoms with E-state index in [1.54, 1.807) is 17.4 Å². The van der Waals surface area contributed by atoms with Crippen molar-refractivity contribution in [1.29, 1.82) is 0 Å². The molecule has 2 N–H and O–H groups in total. The van der Waals surface area contributed by atoms with E-state index in [4.69, 9.17) is 11.6 Å². The number of carbonyl (C=O) groups excluding carboxylic acids is 1. The van der Waals surface area contributed by atoms with Gasteiger partial charge in [-0.15, -0.1) is 11.3 Å². The van der Waals surface area contributed by atoms with E-state index in [1.165, 1.54) is 4.88 Å². The third-order valence-electron chi connectivity index (χ3n) is 3.14. The second-order valence-corrected chi connectivity index (χ2v) is 5.91. The van der Waals surface area contributed by atoms with Crippen molar-refractivity contribution in [3.8, 4) is 0 Å². The third kappa shape index (κ3) is 2.66. The number of halogens is 1. The summed E-state index contributed by atoms with van der Waals surface area (Å²) < 4.78 is 0. The lowest BCUT2D eigenvalue weighted by atomic mass is 10.1. The Kier molecular flexibility index (Phi) is 3.55. The van der Waals surface area contributed by atoms with Gasteiger partial charge in [0.05, 0.1) is 0 Å². The number of anilines is 1. The summed E-state index contributed by atoms with van der Waals surface area (Å²) in [7, 11) is 0. The van der Waals surface area contributed by atoms with E-state index in [1.807, 2.05) is 18.2 Å². The molecule has 0 fully saturated rings. The predicted molar refractivity (Wildman–Crippen MR) is 78.8 cm³/mol. The van der Waals surface area contributed by atoms with Crippen molar-refractivity contribution < 1.29 is 4.79 Å². The largest absolute Gasteiger partial charge is 0.324 e. The van der Waals surface area contributed by atoms with Crippen LogP contribution in [-0.4, -0.2) is 12.5 Å². The van der Waals surface area contributed by atoms with Gasteiger partial charge in [-0.05, 0) is 36.1 Å². The van der Waals surface area contributed by atoms with Crippen LogP contribution in [0, 0.1) is 0 Å². The molecule has 2 heterocycles. The Labute approximate surface area is 120 Å². The van der Waals surface area contributed by atoms with Crippen molar-refractivity contribution in [3.05, 3.63) is 51.2 Å². The van der Waals surface area contributed by atoms with Crippen molar-refractivity contribution >= 4 is 34.5 Å². The number of benzene rings is 1. The van der Waals surface area contributed by atoms with Crippen LogP contribution in [0.2, 0.25) is 5.02 Å². The first-order valence-corrected chi connectivity index (χ1v) is 7.36. The maximum atomic E-state index is 11.9. The molecule has 0 bridgehead atoms. The van der Waals surface area contributed by atoms with Crippen LogP contribution in [-0.2, 0) is 11.2 Å². The maximum absolute atomic E-state index is 11.9. The molecule has 1 aromatic carbocycles. The second-order valence-electron chi connectivity index (χ2n) is 4.44. The highest BCUT2D eigenvalue weighted by atomic mass is 35.5. The summed E-state index contributed by atoms with van der Waals surface area (Å²) in [5.74, 6) is -0.0107. The first-order chi connectivity index (χ1) is 9.24. The van der Waals surface area contributed by atoms with Crippen molar-refractivity contribution in [1.82, 2.24) is 5.32 Å². The molecule has 98 valence electrons. The van der Waals surface area contributed by atoms with Crippen LogP contribution in [0.3, 0.4) is 0 Å². The molecule has 0 saturated heterocycles. The van der Waals surface area contributed by atoms with Crippen molar-refractivity contribution in [2.75, 3.05) is 11.9 Å². The van der Waals surface area contributed by atoms with Crippen LogP contribution >= 0.6 is 22.9 Å². The molecular weight excluding hydrogens is 280 g/mol. The summed E-state index contributed by atoms with van der Waals surface area (Å²) >= 11 is 7.72. The molecule has 19 heavy (non-hydrogen) atoms. The van der Waals surface area contributed by atoms with Crippen LogP contribution < -0.4 is 10.6 Å². The molecule has 5 heteroatoms. The summed E-state index contributed by atoms with van der Waals surface area (Å²) in [6.45, 7) is 0.768. The van der Waals surface area contributed by atoms with Gasteiger partial charge in [0.1, 0.15) is 6.04 Å². The molecular formula is C14H13ClN2OS. The third-order valence-corrected chi connectivity index (χ3v) is 4.32. The molecule has 0 aliphatic carbocycles. The Hall–Kier alpha value is -1.36. The molecule has 1 atom stereocenters. The highest BCUT2D eigenvalue weighted by Crippen LogP contribution is 2.32. The van der Waals surface area contributed by atoms with Crippen LogP contribution in [0.25, 0.3) is 0 Å². The SMILES string of the molecule is O=C1Nc2ccc(Cl)cc2C1NCCc1cccs1. The highest BCUT2D eigenvalue weighted by molar-refractivity contribution is 7.09. The van der Waals surface area contributed by atoms with Crippen LogP contribution in [0.1, 0.15) is 16.5 Å². The molecule has 1 amide bonds. The van der Waals surface area contributed by atoms with Crippen LogP contribution in [0.5, 0.6) is 0 Å². The van der Waals surface area contributed by atoms with E-state index in [0.29, 0.717) is 5.02 Å². The number of carbonyl (C=O) groups is 1. The lowest BCUT2D eigenvalue weighted by Gasteiger charge is -2.11. The highest BCUT2D eigenvalue weighted by Gasteiger charge is 2.29. The van der Waals surface area contributed by atoms with E-state index in [9.17, 15) is 4.79 Å². The molecule has 1 unspecified atom stereocenters. The van der Waals surface area contributed by atoms with E-state index >= 15 is 0 Å². The van der Waals surface area contributed by atoms with Crippen LogP contribution in [0.4, 0.5) is 5.69 Å². The molecule has 3 nitrogen and oxygen atoms in total. The smallest absolute Gasteiger partial charge is 0.246 e. The molecule has 2 aromatic rings. The van der Waals surface area contributed by atoms with E-state index in [2.05, 4.69) is 22.1 Å². The molecule has 1 aromatic heterocycles. The van der Waals surface area contributed by atoms with Crippen molar-refractivity contribution in [2.45, 2.75) is 12.5 Å². The summed E-state index contributed by atoms with van der Waals surface area (Å²) in [5, 5.41) is 8.87. The zero-order valence-electron chi connectivity index (χ0n) is 10.2. The molecule has 0 spiro atoms. The Bertz CT molecular complexity index is 597. The lowest BCUT2D eigenvalue weighted by molar-refractivity contribution is -0.117. The second kappa shape index (κ2) is 5.33. The zero-order chi connectivity index (χ0) is 13.2. The minimum Gasteiger partial charge on any atom is -0.324 e. The van der Waals surface area contributed by atoms with E-state index in [0.717, 1.165) is 24.2 Å². The van der Waals surface area contributed by atoms with Gasteiger partial charge in [0, 0.05) is 27.7 Å². The average Bonchev–Trinajstić information content (AvgIpc) is 2.99. The van der Waals surface area contributed by atoms with Gasteiger partial charge in [-0.3, -0.25) is 4.79 Å². The summed E-state index contributed by atoms with van der Waals surface area (Å²) in [5.41, 5.74) is 1.78. The van der Waals surface area contributed by atoms with Gasteiger partial charge in [-0.2, -0.15) is 0 Å². The normalized spacial score (nSPS) is 17.3. The number of rotatable bonds is 4. The summed E-state index contributed by atoms with van der Waals surface area (Å²) in [6.07, 6.45) is 0.928. The van der Waals surface area contributed by atoms with Gasteiger partial charge in [-0.1, -0.05) is 17.7 Å². The summed E-state index contributed by atoms with van der Waals surface area (Å²) in [6, 6.07) is 9.32. The van der Waals surface area contributed by atoms with Crippen LogP contribution in [0.15, 0.2) is 35.7 Å². The van der Waals surface area contributed by atoms with Gasteiger partial charge in [0.2, 0.25) is 5.91 Å². The first-order valence-electron chi connectivity index (χ1n) is 6.10. The predicted octanol–water partition coefficient (Wildman–Crippen LogP) is 3.23. The Morgan fingerprint density at radius 2 is 2.26 bits per heavy atom. The monoisotopic (exact) mass is 292 g/mol. The molecule has 3 rings (SSSR count). The fourth-order valence-electron chi connectivity index (χ4n) is 2.23. The summed E-state index contributed by atoms with van der Waals surface area (Å²) in [4.78, 5) is 13.2. The quantitative estimate of drug-likeness (QED) is 0.908.